The zero-order chi connectivity index (χ0) is 12.1. The number of hydrogen-bond donors (Lipinski definition) is 1. The van der Waals surface area contributed by atoms with Crippen LogP contribution in [0.3, 0.4) is 0 Å². The second-order valence-electron chi connectivity index (χ2n) is 4.43. The van der Waals surface area contributed by atoms with Crippen molar-refractivity contribution in [2.45, 2.75) is 31.8 Å². The first-order chi connectivity index (χ1) is 8.27. The summed E-state index contributed by atoms with van der Waals surface area (Å²) in [4.78, 5) is 17.7. The number of carbonyl (C=O) groups is 1. The molecule has 0 aliphatic carbocycles. The van der Waals surface area contributed by atoms with Crippen molar-refractivity contribution in [3.05, 3.63) is 12.7 Å². The van der Waals surface area contributed by atoms with E-state index in [1.54, 1.807) is 11.0 Å². The molecule has 0 bridgehead atoms. The van der Waals surface area contributed by atoms with E-state index in [4.69, 9.17) is 0 Å². The van der Waals surface area contributed by atoms with Crippen molar-refractivity contribution >= 4 is 5.91 Å². The monoisotopic (exact) mass is 237 g/mol. The smallest absolute Gasteiger partial charge is 0.244 e. The average Bonchev–Trinajstić information content (AvgIpc) is 2.68. The third kappa shape index (κ3) is 3.26. The number of nitrogens with one attached hydrogen (secondary N) is 1. The van der Waals surface area contributed by atoms with Gasteiger partial charge >= 0.3 is 0 Å². The Morgan fingerprint density at radius 2 is 2.41 bits per heavy atom. The van der Waals surface area contributed by atoms with Gasteiger partial charge in [0.1, 0.15) is 19.2 Å². The van der Waals surface area contributed by atoms with Crippen molar-refractivity contribution in [3.63, 3.8) is 0 Å². The molecule has 1 fully saturated rings. The van der Waals surface area contributed by atoms with Crippen molar-refractivity contribution in [1.82, 2.24) is 25.0 Å². The summed E-state index contributed by atoms with van der Waals surface area (Å²) in [6.07, 6.45) is 6.25. The van der Waals surface area contributed by atoms with Crippen LogP contribution < -0.4 is 5.32 Å². The molecule has 2 rings (SSSR count). The molecule has 0 spiro atoms. The van der Waals surface area contributed by atoms with Gasteiger partial charge < -0.3 is 10.2 Å². The predicted molar refractivity (Wildman–Crippen MR) is 63.3 cm³/mol. The van der Waals surface area contributed by atoms with E-state index in [-0.39, 0.29) is 12.5 Å². The highest BCUT2D eigenvalue weighted by atomic mass is 16.2. The number of amides is 1. The molecule has 1 saturated heterocycles. The molecule has 0 radical (unpaired) electrons. The third-order valence-corrected chi connectivity index (χ3v) is 3.25. The fourth-order valence-corrected chi connectivity index (χ4v) is 2.16. The van der Waals surface area contributed by atoms with Crippen molar-refractivity contribution in [2.75, 3.05) is 20.1 Å². The zero-order valence-corrected chi connectivity index (χ0v) is 10.2. The lowest BCUT2D eigenvalue weighted by molar-refractivity contribution is -0.133. The molecule has 1 amide bonds. The van der Waals surface area contributed by atoms with Gasteiger partial charge in [0, 0.05) is 13.1 Å². The molecular weight excluding hydrogens is 218 g/mol. The van der Waals surface area contributed by atoms with Gasteiger partial charge in [-0.2, -0.15) is 5.10 Å². The van der Waals surface area contributed by atoms with Crippen molar-refractivity contribution in [2.24, 2.45) is 0 Å². The molecule has 0 saturated carbocycles. The fourth-order valence-electron chi connectivity index (χ4n) is 2.16. The van der Waals surface area contributed by atoms with Gasteiger partial charge in [-0.15, -0.1) is 0 Å². The van der Waals surface area contributed by atoms with Gasteiger partial charge in [0.2, 0.25) is 5.91 Å². The molecule has 1 aromatic heterocycles. The maximum Gasteiger partial charge on any atom is 0.244 e. The van der Waals surface area contributed by atoms with Crippen LogP contribution in [-0.4, -0.2) is 51.8 Å². The van der Waals surface area contributed by atoms with Crippen LogP contribution in [-0.2, 0) is 11.3 Å². The minimum atomic E-state index is 0.0994. The quantitative estimate of drug-likeness (QED) is 0.796. The van der Waals surface area contributed by atoms with E-state index in [1.807, 2.05) is 11.9 Å². The van der Waals surface area contributed by atoms with Gasteiger partial charge in [0.15, 0.2) is 0 Å². The van der Waals surface area contributed by atoms with E-state index >= 15 is 0 Å². The molecule has 2 heterocycles. The molecule has 94 valence electrons. The van der Waals surface area contributed by atoms with E-state index in [1.165, 1.54) is 6.33 Å². The van der Waals surface area contributed by atoms with Crippen LogP contribution in [0.4, 0.5) is 0 Å². The number of aromatic nitrogens is 3. The van der Waals surface area contributed by atoms with Crippen LogP contribution in [0.15, 0.2) is 12.7 Å². The highest BCUT2D eigenvalue weighted by Gasteiger charge is 2.21. The number of carbonyl (C=O) groups excluding carboxylic acids is 1. The molecule has 17 heavy (non-hydrogen) atoms. The Morgan fingerprint density at radius 3 is 3.18 bits per heavy atom. The van der Waals surface area contributed by atoms with Gasteiger partial charge in [0.05, 0.1) is 0 Å². The summed E-state index contributed by atoms with van der Waals surface area (Å²) in [7, 11) is 1.88. The first kappa shape index (κ1) is 12.0. The fraction of sp³-hybridized carbons (Fsp3) is 0.727. The SMILES string of the molecule is CN(C(=O)Cn1cncn1)C1CCCNCC1. The lowest BCUT2D eigenvalue weighted by Crippen LogP contribution is -2.39. The molecule has 1 aliphatic rings. The van der Waals surface area contributed by atoms with E-state index < -0.39 is 0 Å². The highest BCUT2D eigenvalue weighted by Crippen LogP contribution is 2.12. The minimum absolute atomic E-state index is 0.0994. The second kappa shape index (κ2) is 5.77. The maximum atomic E-state index is 12.0. The summed E-state index contributed by atoms with van der Waals surface area (Å²) in [6.45, 7) is 2.33. The summed E-state index contributed by atoms with van der Waals surface area (Å²) in [5, 5.41) is 7.30. The Morgan fingerprint density at radius 1 is 1.53 bits per heavy atom. The molecular formula is C11H19N5O. The third-order valence-electron chi connectivity index (χ3n) is 3.25. The van der Waals surface area contributed by atoms with Gasteiger partial charge in [-0.1, -0.05) is 0 Å². The van der Waals surface area contributed by atoms with E-state index in [0.717, 1.165) is 32.4 Å². The largest absolute Gasteiger partial charge is 0.341 e. The second-order valence-corrected chi connectivity index (χ2v) is 4.43. The van der Waals surface area contributed by atoms with Gasteiger partial charge in [-0.25, -0.2) is 9.67 Å². The first-order valence-corrected chi connectivity index (χ1v) is 6.06. The van der Waals surface area contributed by atoms with Gasteiger partial charge in [-0.05, 0) is 32.4 Å². The van der Waals surface area contributed by atoms with Crippen molar-refractivity contribution in [3.8, 4) is 0 Å². The lowest BCUT2D eigenvalue weighted by Gasteiger charge is -2.26. The molecule has 6 heteroatoms. The normalized spacial score (nSPS) is 20.9. The average molecular weight is 237 g/mol. The molecule has 1 aromatic rings. The topological polar surface area (TPSA) is 63.1 Å². The summed E-state index contributed by atoms with van der Waals surface area (Å²) in [6, 6.07) is 0.348. The molecule has 0 aromatic carbocycles. The zero-order valence-electron chi connectivity index (χ0n) is 10.2. The summed E-state index contributed by atoms with van der Waals surface area (Å²) in [5.74, 6) is 0.0994. The summed E-state index contributed by atoms with van der Waals surface area (Å²) >= 11 is 0. The molecule has 1 aliphatic heterocycles. The van der Waals surface area contributed by atoms with Gasteiger partial charge in [-0.3, -0.25) is 4.79 Å². The Kier molecular flexibility index (Phi) is 4.08. The standard InChI is InChI=1S/C11H19N5O/c1-15(10-3-2-5-12-6-4-10)11(17)7-16-9-13-8-14-16/h8-10,12H,2-7H2,1H3. The number of hydrogen-bond acceptors (Lipinski definition) is 4. The minimum Gasteiger partial charge on any atom is -0.341 e. The highest BCUT2D eigenvalue weighted by molar-refractivity contribution is 5.75. The molecule has 1 unspecified atom stereocenters. The Balaban J connectivity index is 1.89. The summed E-state index contributed by atoms with van der Waals surface area (Å²) in [5.41, 5.74) is 0. The van der Waals surface area contributed by atoms with Crippen LogP contribution in [0.1, 0.15) is 19.3 Å². The number of rotatable bonds is 3. The molecule has 1 N–H and O–H groups in total. The van der Waals surface area contributed by atoms with Gasteiger partial charge in [0.25, 0.3) is 0 Å². The summed E-state index contributed by atoms with van der Waals surface area (Å²) < 4.78 is 1.56. The Bertz CT molecular complexity index is 343. The number of nitrogens with zero attached hydrogens (tertiary/aromatic N) is 4. The lowest BCUT2D eigenvalue weighted by atomic mass is 10.1. The van der Waals surface area contributed by atoms with Crippen molar-refractivity contribution < 1.29 is 4.79 Å². The van der Waals surface area contributed by atoms with Crippen LogP contribution in [0.25, 0.3) is 0 Å². The molecule has 6 nitrogen and oxygen atoms in total. The first-order valence-electron chi connectivity index (χ1n) is 6.06. The van der Waals surface area contributed by atoms with Crippen LogP contribution >= 0.6 is 0 Å². The van der Waals surface area contributed by atoms with E-state index in [2.05, 4.69) is 15.4 Å². The van der Waals surface area contributed by atoms with E-state index in [9.17, 15) is 4.79 Å². The van der Waals surface area contributed by atoms with Crippen LogP contribution in [0, 0.1) is 0 Å². The van der Waals surface area contributed by atoms with E-state index in [0.29, 0.717) is 6.04 Å². The Labute approximate surface area is 101 Å². The van der Waals surface area contributed by atoms with Crippen LogP contribution in [0.5, 0.6) is 0 Å². The number of likely N-dealkylation sites (N-methyl/N-ethyl adjacent to an activating group) is 1. The molecule has 1 atom stereocenters. The Hall–Kier alpha value is -1.43. The van der Waals surface area contributed by atoms with Crippen molar-refractivity contribution in [1.29, 1.82) is 0 Å². The van der Waals surface area contributed by atoms with Crippen LogP contribution in [0.2, 0.25) is 0 Å². The maximum absolute atomic E-state index is 12.0. The predicted octanol–water partition coefficient (Wildman–Crippen LogP) is -0.121.